The van der Waals surface area contributed by atoms with Gasteiger partial charge in [0.15, 0.2) is 18.1 Å². The number of amides is 2. The van der Waals surface area contributed by atoms with E-state index in [-0.39, 0.29) is 6.61 Å². The minimum Gasteiger partial charge on any atom is -0.493 e. The van der Waals surface area contributed by atoms with Crippen molar-refractivity contribution >= 4 is 39.4 Å². The summed E-state index contributed by atoms with van der Waals surface area (Å²) < 4.78 is 12.3. The SMILES string of the molecule is COc1cc(/C=C/C(=O)NNC(=O)c2cc3c(C)nn(-c4ccccc4)c3s2)ccc1OCC#N. The lowest BCUT2D eigenvalue weighted by Crippen LogP contribution is -2.40. The van der Waals surface area contributed by atoms with Gasteiger partial charge in [-0.2, -0.15) is 10.4 Å². The van der Waals surface area contributed by atoms with Crippen LogP contribution in [0.4, 0.5) is 0 Å². The average molecular weight is 488 g/mol. The third kappa shape index (κ3) is 5.31. The summed E-state index contributed by atoms with van der Waals surface area (Å²) in [6.45, 7) is 1.79. The van der Waals surface area contributed by atoms with Gasteiger partial charge in [-0.1, -0.05) is 24.3 Å². The summed E-state index contributed by atoms with van der Waals surface area (Å²) in [7, 11) is 1.48. The summed E-state index contributed by atoms with van der Waals surface area (Å²) in [4.78, 5) is 26.1. The predicted octanol–water partition coefficient (Wildman–Crippen LogP) is 3.78. The van der Waals surface area contributed by atoms with Gasteiger partial charge in [0.2, 0.25) is 0 Å². The zero-order valence-corrected chi connectivity index (χ0v) is 19.8. The molecule has 0 atom stereocenters. The van der Waals surface area contributed by atoms with Gasteiger partial charge in [0.05, 0.1) is 23.4 Å². The fraction of sp³-hybridized carbons (Fsp3) is 0.120. The van der Waals surface area contributed by atoms with Crippen LogP contribution in [0.2, 0.25) is 0 Å². The van der Waals surface area contributed by atoms with Crippen molar-refractivity contribution in [1.82, 2.24) is 20.6 Å². The van der Waals surface area contributed by atoms with E-state index in [0.717, 1.165) is 21.6 Å². The molecular formula is C25H21N5O4S. The van der Waals surface area contributed by atoms with Crippen LogP contribution in [0.5, 0.6) is 11.5 Å². The normalized spacial score (nSPS) is 10.8. The smallest absolute Gasteiger partial charge is 0.279 e. The van der Waals surface area contributed by atoms with Gasteiger partial charge in [-0.05, 0) is 48.9 Å². The zero-order valence-electron chi connectivity index (χ0n) is 18.9. The van der Waals surface area contributed by atoms with Crippen molar-refractivity contribution in [3.8, 4) is 23.3 Å². The third-order valence-corrected chi connectivity index (χ3v) is 6.08. The second kappa shape index (κ2) is 10.5. The number of carbonyl (C=O) groups is 2. The van der Waals surface area contributed by atoms with Crippen LogP contribution in [0.1, 0.15) is 20.9 Å². The molecule has 35 heavy (non-hydrogen) atoms. The first-order chi connectivity index (χ1) is 17.0. The molecule has 0 fully saturated rings. The molecule has 10 heteroatoms. The summed E-state index contributed by atoms with van der Waals surface area (Å²) in [5, 5.41) is 14.1. The van der Waals surface area contributed by atoms with E-state index in [0.29, 0.717) is 21.9 Å². The molecule has 0 aliphatic rings. The molecule has 0 spiro atoms. The largest absolute Gasteiger partial charge is 0.493 e. The third-order valence-electron chi connectivity index (χ3n) is 4.98. The maximum absolute atomic E-state index is 12.6. The Hall–Kier alpha value is -4.62. The Kier molecular flexibility index (Phi) is 7.09. The summed E-state index contributed by atoms with van der Waals surface area (Å²) in [5.41, 5.74) is 7.21. The van der Waals surface area contributed by atoms with E-state index in [4.69, 9.17) is 14.7 Å². The van der Waals surface area contributed by atoms with Crippen LogP contribution in [0.25, 0.3) is 22.0 Å². The minimum atomic E-state index is -0.505. The van der Waals surface area contributed by atoms with E-state index >= 15 is 0 Å². The predicted molar refractivity (Wildman–Crippen MR) is 132 cm³/mol. The monoisotopic (exact) mass is 487 g/mol. The standard InChI is InChI=1S/C25H21N5O4S/c1-16-19-15-22(35-25(19)30(29-16)18-6-4-3-5-7-18)24(32)28-27-23(31)11-9-17-8-10-20(34-13-12-26)21(14-17)33-2/h3-11,14-15H,13H2,1-2H3,(H,27,31)(H,28,32)/b11-9+. The number of thiophene rings is 1. The van der Waals surface area contributed by atoms with Gasteiger partial charge >= 0.3 is 0 Å². The molecule has 0 saturated carbocycles. The lowest BCUT2D eigenvalue weighted by molar-refractivity contribution is -0.117. The van der Waals surface area contributed by atoms with E-state index in [9.17, 15) is 9.59 Å². The number of para-hydroxylation sites is 1. The first kappa shape index (κ1) is 23.5. The summed E-state index contributed by atoms with van der Waals surface area (Å²) in [5.74, 6) is -0.0652. The Morgan fingerprint density at radius 2 is 1.94 bits per heavy atom. The van der Waals surface area contributed by atoms with E-state index in [1.807, 2.05) is 43.3 Å². The molecule has 9 nitrogen and oxygen atoms in total. The van der Waals surface area contributed by atoms with E-state index in [2.05, 4.69) is 16.0 Å². The molecule has 2 N–H and O–H groups in total. The molecule has 4 aromatic rings. The highest BCUT2D eigenvalue weighted by Gasteiger charge is 2.17. The van der Waals surface area contributed by atoms with Gasteiger partial charge in [0, 0.05) is 11.5 Å². The number of hydrogen-bond donors (Lipinski definition) is 2. The second-order valence-electron chi connectivity index (χ2n) is 7.30. The number of carbonyl (C=O) groups excluding carboxylic acids is 2. The van der Waals surface area contributed by atoms with Crippen LogP contribution in [-0.2, 0) is 4.79 Å². The van der Waals surface area contributed by atoms with Crippen LogP contribution in [0.3, 0.4) is 0 Å². The van der Waals surface area contributed by atoms with Crippen molar-refractivity contribution in [2.75, 3.05) is 13.7 Å². The minimum absolute atomic E-state index is 0.0997. The molecule has 2 aromatic heterocycles. The maximum atomic E-state index is 12.6. The van der Waals surface area contributed by atoms with Gasteiger partial charge < -0.3 is 9.47 Å². The molecule has 0 radical (unpaired) electrons. The highest BCUT2D eigenvalue weighted by molar-refractivity contribution is 7.20. The molecule has 2 aromatic carbocycles. The summed E-state index contributed by atoms with van der Waals surface area (Å²) >= 11 is 1.29. The number of aryl methyl sites for hydroxylation is 1. The Bertz CT molecular complexity index is 1450. The Morgan fingerprint density at radius 1 is 1.14 bits per heavy atom. The maximum Gasteiger partial charge on any atom is 0.279 e. The molecule has 0 unspecified atom stereocenters. The quantitative estimate of drug-likeness (QED) is 0.303. The van der Waals surface area contributed by atoms with Gasteiger partial charge in [-0.15, -0.1) is 11.3 Å². The highest BCUT2D eigenvalue weighted by Crippen LogP contribution is 2.30. The van der Waals surface area contributed by atoms with Gasteiger partial charge in [0.25, 0.3) is 11.8 Å². The second-order valence-corrected chi connectivity index (χ2v) is 8.33. The van der Waals surface area contributed by atoms with Crippen molar-refractivity contribution in [3.05, 3.63) is 76.8 Å². The number of nitrogens with one attached hydrogen (secondary N) is 2. The van der Waals surface area contributed by atoms with Gasteiger partial charge in [-0.25, -0.2) is 4.68 Å². The topological polar surface area (TPSA) is 118 Å². The Morgan fingerprint density at radius 3 is 2.69 bits per heavy atom. The molecular weight excluding hydrogens is 466 g/mol. The molecule has 2 heterocycles. The lowest BCUT2D eigenvalue weighted by atomic mass is 10.2. The van der Waals surface area contributed by atoms with Crippen LogP contribution >= 0.6 is 11.3 Å². The molecule has 2 amide bonds. The fourth-order valence-electron chi connectivity index (χ4n) is 3.31. The van der Waals surface area contributed by atoms with E-state index in [1.54, 1.807) is 35.0 Å². The van der Waals surface area contributed by atoms with Crippen LogP contribution in [0, 0.1) is 18.3 Å². The summed E-state index contributed by atoms with van der Waals surface area (Å²) in [6, 6.07) is 18.4. The molecule has 0 saturated heterocycles. The molecule has 0 aliphatic carbocycles. The Labute approximate surface area is 205 Å². The fourth-order valence-corrected chi connectivity index (χ4v) is 4.39. The zero-order chi connectivity index (χ0) is 24.8. The number of ether oxygens (including phenoxy) is 2. The van der Waals surface area contributed by atoms with Gasteiger partial charge in [0.1, 0.15) is 10.9 Å². The number of methoxy groups -OCH3 is 1. The molecule has 0 aliphatic heterocycles. The molecule has 176 valence electrons. The number of hydrazine groups is 1. The Balaban J connectivity index is 1.40. The average Bonchev–Trinajstić information content (AvgIpc) is 3.46. The van der Waals surface area contributed by atoms with Gasteiger partial charge in [-0.3, -0.25) is 20.4 Å². The number of hydrogen-bond acceptors (Lipinski definition) is 7. The highest BCUT2D eigenvalue weighted by atomic mass is 32.1. The van der Waals surface area contributed by atoms with Crippen LogP contribution < -0.4 is 20.3 Å². The van der Waals surface area contributed by atoms with Crippen molar-refractivity contribution in [1.29, 1.82) is 5.26 Å². The number of benzene rings is 2. The van der Waals surface area contributed by atoms with Crippen molar-refractivity contribution in [2.45, 2.75) is 6.92 Å². The van der Waals surface area contributed by atoms with Crippen molar-refractivity contribution < 1.29 is 19.1 Å². The van der Waals surface area contributed by atoms with Crippen LogP contribution in [-0.4, -0.2) is 35.3 Å². The summed E-state index contributed by atoms with van der Waals surface area (Å²) in [6.07, 6.45) is 2.85. The number of nitriles is 1. The molecule has 4 rings (SSSR count). The van der Waals surface area contributed by atoms with Crippen LogP contribution in [0.15, 0.2) is 60.7 Å². The van der Waals surface area contributed by atoms with Crippen molar-refractivity contribution in [3.63, 3.8) is 0 Å². The first-order valence-electron chi connectivity index (χ1n) is 10.5. The number of fused-ring (bicyclic) bond motifs is 1. The number of nitrogens with zero attached hydrogens (tertiary/aromatic N) is 3. The van der Waals surface area contributed by atoms with E-state index in [1.165, 1.54) is 24.5 Å². The number of rotatable bonds is 7. The first-order valence-corrected chi connectivity index (χ1v) is 11.3. The lowest BCUT2D eigenvalue weighted by Gasteiger charge is -2.08. The number of aromatic nitrogens is 2. The molecule has 0 bridgehead atoms. The van der Waals surface area contributed by atoms with Crippen molar-refractivity contribution in [2.24, 2.45) is 0 Å². The van der Waals surface area contributed by atoms with E-state index < -0.39 is 11.8 Å².